The van der Waals surface area contributed by atoms with E-state index >= 15 is 0 Å². The number of aryl methyl sites for hydroxylation is 1. The summed E-state index contributed by atoms with van der Waals surface area (Å²) in [6.07, 6.45) is 1.68. The minimum atomic E-state index is -0.340. The number of carbonyl (C=O) groups excluding carboxylic acids is 1. The van der Waals surface area contributed by atoms with Crippen molar-refractivity contribution in [1.29, 1.82) is 0 Å². The molecule has 1 aliphatic heterocycles. The van der Waals surface area contributed by atoms with Gasteiger partial charge in [0.05, 0.1) is 11.2 Å². The molecular weight excluding hydrogens is 277 g/mol. The predicted molar refractivity (Wildman–Crippen MR) is 89.3 cm³/mol. The van der Waals surface area contributed by atoms with E-state index in [4.69, 9.17) is 9.31 Å². The third kappa shape index (κ3) is 3.36. The van der Waals surface area contributed by atoms with Crippen LogP contribution in [-0.2, 0) is 20.5 Å². The fraction of sp³-hybridized carbons (Fsp3) is 0.588. The van der Waals surface area contributed by atoms with Crippen molar-refractivity contribution in [1.82, 2.24) is 4.90 Å². The van der Waals surface area contributed by atoms with Crippen LogP contribution in [0.1, 0.15) is 38.8 Å². The van der Waals surface area contributed by atoms with Crippen molar-refractivity contribution >= 4 is 19.0 Å². The molecule has 22 heavy (non-hydrogen) atoms. The van der Waals surface area contributed by atoms with Crippen LogP contribution in [0.5, 0.6) is 0 Å². The Morgan fingerprint density at radius 1 is 1.18 bits per heavy atom. The Labute approximate surface area is 133 Å². The minimum absolute atomic E-state index is 0.333. The maximum absolute atomic E-state index is 10.7. The number of hydrogen-bond acceptors (Lipinski definition) is 3. The first-order valence-electron chi connectivity index (χ1n) is 7.77. The first-order chi connectivity index (χ1) is 10.2. The molecule has 0 bridgehead atoms. The van der Waals surface area contributed by atoms with Gasteiger partial charge in [-0.3, -0.25) is 4.79 Å². The van der Waals surface area contributed by atoms with E-state index in [9.17, 15) is 4.79 Å². The molecule has 4 nitrogen and oxygen atoms in total. The number of carbonyl (C=O) groups is 1. The van der Waals surface area contributed by atoms with Crippen LogP contribution >= 0.6 is 0 Å². The SMILES string of the molecule is Cc1ccc(B2OC(C)(C)C(C)(C)O2)cc1CCN(C)C=O. The van der Waals surface area contributed by atoms with E-state index < -0.39 is 0 Å². The van der Waals surface area contributed by atoms with Gasteiger partial charge in [-0.2, -0.15) is 0 Å². The molecule has 120 valence electrons. The number of rotatable bonds is 5. The minimum Gasteiger partial charge on any atom is -0.399 e. The van der Waals surface area contributed by atoms with Gasteiger partial charge < -0.3 is 14.2 Å². The van der Waals surface area contributed by atoms with Gasteiger partial charge in [0.1, 0.15) is 0 Å². The van der Waals surface area contributed by atoms with Crippen molar-refractivity contribution in [3.8, 4) is 0 Å². The maximum atomic E-state index is 10.7. The second-order valence-electron chi connectivity index (χ2n) is 7.11. The van der Waals surface area contributed by atoms with Gasteiger partial charge in [0.25, 0.3) is 0 Å². The highest BCUT2D eigenvalue weighted by molar-refractivity contribution is 6.62. The lowest BCUT2D eigenvalue weighted by Crippen LogP contribution is -2.41. The molecule has 1 heterocycles. The molecule has 1 aromatic rings. The molecule has 1 saturated heterocycles. The van der Waals surface area contributed by atoms with Crippen molar-refractivity contribution in [2.45, 2.75) is 52.2 Å². The van der Waals surface area contributed by atoms with Gasteiger partial charge in [0.15, 0.2) is 0 Å². The van der Waals surface area contributed by atoms with Gasteiger partial charge in [0.2, 0.25) is 6.41 Å². The third-order valence-corrected chi connectivity index (χ3v) is 4.81. The molecule has 0 saturated carbocycles. The van der Waals surface area contributed by atoms with E-state index in [1.54, 1.807) is 11.9 Å². The van der Waals surface area contributed by atoms with Crippen LogP contribution in [0.15, 0.2) is 18.2 Å². The predicted octanol–water partition coefficient (Wildman–Crippen LogP) is 1.92. The highest BCUT2D eigenvalue weighted by Gasteiger charge is 2.51. The molecule has 0 radical (unpaired) electrons. The Morgan fingerprint density at radius 3 is 2.32 bits per heavy atom. The molecule has 0 atom stereocenters. The average molecular weight is 303 g/mol. The summed E-state index contributed by atoms with van der Waals surface area (Å²) in [7, 11) is 1.45. The Kier molecular flexibility index (Phi) is 4.69. The Morgan fingerprint density at radius 2 is 1.77 bits per heavy atom. The topological polar surface area (TPSA) is 38.8 Å². The number of benzene rings is 1. The number of hydrogen-bond donors (Lipinski definition) is 0. The average Bonchev–Trinajstić information content (AvgIpc) is 2.66. The fourth-order valence-electron chi connectivity index (χ4n) is 2.44. The fourth-order valence-corrected chi connectivity index (χ4v) is 2.44. The van der Waals surface area contributed by atoms with E-state index in [1.165, 1.54) is 11.1 Å². The lowest BCUT2D eigenvalue weighted by molar-refractivity contribution is -0.116. The quantitative estimate of drug-likeness (QED) is 0.616. The Hall–Kier alpha value is -1.33. The molecule has 2 rings (SSSR count). The van der Waals surface area contributed by atoms with Crippen molar-refractivity contribution in [2.75, 3.05) is 13.6 Å². The molecule has 1 fully saturated rings. The van der Waals surface area contributed by atoms with Crippen LogP contribution in [0.2, 0.25) is 0 Å². The Bertz CT molecular complexity index is 541. The molecule has 0 unspecified atom stereocenters. The number of amides is 1. The van der Waals surface area contributed by atoms with Crippen LogP contribution in [0, 0.1) is 6.92 Å². The van der Waals surface area contributed by atoms with Gasteiger partial charge in [0, 0.05) is 13.6 Å². The monoisotopic (exact) mass is 303 g/mol. The van der Waals surface area contributed by atoms with Crippen LogP contribution in [-0.4, -0.2) is 43.2 Å². The summed E-state index contributed by atoms with van der Waals surface area (Å²) >= 11 is 0. The lowest BCUT2D eigenvalue weighted by Gasteiger charge is -2.32. The molecule has 1 aromatic carbocycles. The number of likely N-dealkylation sites (N-methyl/N-ethyl adjacent to an activating group) is 1. The molecule has 0 spiro atoms. The lowest BCUT2D eigenvalue weighted by atomic mass is 9.77. The van der Waals surface area contributed by atoms with Crippen molar-refractivity contribution in [2.24, 2.45) is 0 Å². The first kappa shape index (κ1) is 17.0. The van der Waals surface area contributed by atoms with E-state index in [0.717, 1.165) is 18.3 Å². The number of nitrogens with zero attached hydrogens (tertiary/aromatic N) is 1. The van der Waals surface area contributed by atoms with Gasteiger partial charge >= 0.3 is 7.12 Å². The molecule has 0 N–H and O–H groups in total. The van der Waals surface area contributed by atoms with Crippen LogP contribution in [0.4, 0.5) is 0 Å². The van der Waals surface area contributed by atoms with E-state index in [0.29, 0.717) is 6.54 Å². The summed E-state index contributed by atoms with van der Waals surface area (Å²) in [6, 6.07) is 6.29. The van der Waals surface area contributed by atoms with Crippen LogP contribution in [0.25, 0.3) is 0 Å². The second kappa shape index (κ2) is 6.05. The van der Waals surface area contributed by atoms with Crippen LogP contribution < -0.4 is 5.46 Å². The van der Waals surface area contributed by atoms with Gasteiger partial charge in [-0.25, -0.2) is 0 Å². The Balaban J connectivity index is 2.18. The highest BCUT2D eigenvalue weighted by Crippen LogP contribution is 2.36. The summed E-state index contributed by atoms with van der Waals surface area (Å²) in [5.74, 6) is 0. The smallest absolute Gasteiger partial charge is 0.399 e. The van der Waals surface area contributed by atoms with E-state index in [2.05, 4.69) is 52.8 Å². The highest BCUT2D eigenvalue weighted by atomic mass is 16.7. The third-order valence-electron chi connectivity index (χ3n) is 4.81. The summed E-state index contributed by atoms with van der Waals surface area (Å²) in [6.45, 7) is 11.0. The molecular formula is C17H26BNO3. The van der Waals surface area contributed by atoms with Crippen molar-refractivity contribution in [3.63, 3.8) is 0 Å². The van der Waals surface area contributed by atoms with Gasteiger partial charge in [-0.15, -0.1) is 0 Å². The summed E-state index contributed by atoms with van der Waals surface area (Å²) < 4.78 is 12.2. The van der Waals surface area contributed by atoms with E-state index in [1.807, 2.05) is 0 Å². The van der Waals surface area contributed by atoms with Gasteiger partial charge in [-0.1, -0.05) is 18.2 Å². The molecule has 5 heteroatoms. The zero-order valence-electron chi connectivity index (χ0n) is 14.5. The summed E-state index contributed by atoms with van der Waals surface area (Å²) in [4.78, 5) is 12.4. The second-order valence-corrected chi connectivity index (χ2v) is 7.11. The van der Waals surface area contributed by atoms with E-state index in [-0.39, 0.29) is 18.3 Å². The molecule has 0 aromatic heterocycles. The molecule has 1 amide bonds. The van der Waals surface area contributed by atoms with Crippen molar-refractivity contribution < 1.29 is 14.1 Å². The zero-order valence-corrected chi connectivity index (χ0v) is 14.5. The largest absolute Gasteiger partial charge is 0.494 e. The molecule has 1 aliphatic rings. The normalized spacial score (nSPS) is 19.3. The van der Waals surface area contributed by atoms with Gasteiger partial charge in [-0.05, 0) is 57.6 Å². The molecule has 0 aliphatic carbocycles. The standard InChI is InChI=1S/C17H26BNO3/c1-13-7-8-15(11-14(13)9-10-19(6)12-20)18-21-16(2,3)17(4,5)22-18/h7-8,11-12H,9-10H2,1-6H3. The zero-order chi connectivity index (χ0) is 16.5. The van der Waals surface area contributed by atoms with Crippen molar-refractivity contribution in [3.05, 3.63) is 29.3 Å². The first-order valence-corrected chi connectivity index (χ1v) is 7.77. The summed E-state index contributed by atoms with van der Waals surface area (Å²) in [5, 5.41) is 0. The maximum Gasteiger partial charge on any atom is 0.494 e. The summed E-state index contributed by atoms with van der Waals surface area (Å²) in [5.41, 5.74) is 2.81. The van der Waals surface area contributed by atoms with Crippen LogP contribution in [0.3, 0.4) is 0 Å².